The molecule has 0 aliphatic rings. The van der Waals surface area contributed by atoms with E-state index in [-0.39, 0.29) is 17.3 Å². The number of halogens is 2. The summed E-state index contributed by atoms with van der Waals surface area (Å²) in [6.07, 6.45) is 3.96. The number of rotatable bonds is 6. The van der Waals surface area contributed by atoms with Crippen molar-refractivity contribution in [2.75, 3.05) is 16.8 Å². The van der Waals surface area contributed by atoms with Gasteiger partial charge in [0.25, 0.3) is 0 Å². The van der Waals surface area contributed by atoms with Crippen LogP contribution >= 0.6 is 11.8 Å². The van der Waals surface area contributed by atoms with Gasteiger partial charge < -0.3 is 5.32 Å². The van der Waals surface area contributed by atoms with E-state index < -0.39 is 11.6 Å². The van der Waals surface area contributed by atoms with Gasteiger partial charge in [-0.2, -0.15) is 0 Å². The predicted molar refractivity (Wildman–Crippen MR) is 87.8 cm³/mol. The average Bonchev–Trinajstić information content (AvgIpc) is 2.52. The largest absolute Gasteiger partial charge is 0.325 e. The van der Waals surface area contributed by atoms with E-state index in [1.165, 1.54) is 17.8 Å². The van der Waals surface area contributed by atoms with Crippen molar-refractivity contribution in [3.63, 3.8) is 0 Å². The first-order chi connectivity index (χ1) is 10.6. The fraction of sp³-hybridized carbons (Fsp3) is 0.118. The number of hydrogen-bond donors (Lipinski definition) is 1. The summed E-state index contributed by atoms with van der Waals surface area (Å²) in [5.74, 6) is -1.21. The molecule has 2 aromatic rings. The maximum absolute atomic E-state index is 13.0. The van der Waals surface area contributed by atoms with Crippen LogP contribution in [0.3, 0.4) is 0 Å². The van der Waals surface area contributed by atoms with Gasteiger partial charge in [0.2, 0.25) is 5.91 Å². The van der Waals surface area contributed by atoms with Crippen LogP contribution in [0.5, 0.6) is 0 Å². The summed E-state index contributed by atoms with van der Waals surface area (Å²) >= 11 is 1.44. The lowest BCUT2D eigenvalue weighted by Gasteiger charge is -2.04. The van der Waals surface area contributed by atoms with E-state index in [1.54, 1.807) is 0 Å². The molecule has 2 rings (SSSR count). The second-order valence-electron chi connectivity index (χ2n) is 4.51. The Labute approximate surface area is 132 Å². The highest BCUT2D eigenvalue weighted by molar-refractivity contribution is 8.00. The molecular formula is C17H15F2NOS. The molecule has 5 heteroatoms. The van der Waals surface area contributed by atoms with Gasteiger partial charge >= 0.3 is 0 Å². The van der Waals surface area contributed by atoms with Gasteiger partial charge in [-0.3, -0.25) is 4.79 Å². The van der Waals surface area contributed by atoms with Crippen LogP contribution in [-0.2, 0) is 4.79 Å². The summed E-state index contributed by atoms with van der Waals surface area (Å²) in [5, 5.41) is 2.53. The van der Waals surface area contributed by atoms with Gasteiger partial charge in [0.1, 0.15) is 0 Å². The number of carbonyl (C=O) groups excluding carboxylic acids is 1. The molecule has 0 saturated carbocycles. The average molecular weight is 319 g/mol. The topological polar surface area (TPSA) is 29.1 Å². The number of carbonyl (C=O) groups is 1. The Morgan fingerprint density at radius 1 is 1.09 bits per heavy atom. The van der Waals surface area contributed by atoms with Crippen LogP contribution in [0.1, 0.15) is 5.56 Å². The van der Waals surface area contributed by atoms with Crippen molar-refractivity contribution in [3.8, 4) is 0 Å². The highest BCUT2D eigenvalue weighted by Gasteiger charge is 2.05. The van der Waals surface area contributed by atoms with Crippen LogP contribution in [0.15, 0.2) is 54.6 Å². The smallest absolute Gasteiger partial charge is 0.234 e. The molecule has 0 radical (unpaired) electrons. The van der Waals surface area contributed by atoms with Crippen LogP contribution in [0.2, 0.25) is 0 Å². The zero-order valence-electron chi connectivity index (χ0n) is 11.8. The Kier molecular flexibility index (Phi) is 6.15. The van der Waals surface area contributed by atoms with Gasteiger partial charge in [-0.15, -0.1) is 11.8 Å². The molecule has 1 amide bonds. The monoisotopic (exact) mass is 319 g/mol. The summed E-state index contributed by atoms with van der Waals surface area (Å²) < 4.78 is 25.8. The van der Waals surface area contributed by atoms with Gasteiger partial charge in [0, 0.05) is 17.5 Å². The molecule has 22 heavy (non-hydrogen) atoms. The maximum atomic E-state index is 13.0. The second kappa shape index (κ2) is 8.34. The maximum Gasteiger partial charge on any atom is 0.234 e. The van der Waals surface area contributed by atoms with Crippen molar-refractivity contribution in [3.05, 3.63) is 71.8 Å². The Hall–Kier alpha value is -2.14. The van der Waals surface area contributed by atoms with Crippen molar-refractivity contribution in [2.24, 2.45) is 0 Å². The molecule has 0 spiro atoms. The Morgan fingerprint density at radius 2 is 1.86 bits per heavy atom. The van der Waals surface area contributed by atoms with Crippen molar-refractivity contribution >= 4 is 29.4 Å². The molecule has 2 aromatic carbocycles. The number of thioether (sulfide) groups is 1. The van der Waals surface area contributed by atoms with E-state index >= 15 is 0 Å². The molecule has 0 aromatic heterocycles. The van der Waals surface area contributed by atoms with Crippen molar-refractivity contribution in [2.45, 2.75) is 0 Å². The Bertz CT molecular complexity index is 659. The summed E-state index contributed by atoms with van der Waals surface area (Å²) in [7, 11) is 0. The van der Waals surface area contributed by atoms with Gasteiger partial charge in [-0.1, -0.05) is 42.5 Å². The van der Waals surface area contributed by atoms with E-state index in [4.69, 9.17) is 0 Å². The van der Waals surface area contributed by atoms with Crippen LogP contribution in [0.4, 0.5) is 14.5 Å². The molecule has 0 bridgehead atoms. The number of benzene rings is 2. The van der Waals surface area contributed by atoms with E-state index in [9.17, 15) is 13.6 Å². The third-order valence-corrected chi connectivity index (χ3v) is 3.65. The lowest BCUT2D eigenvalue weighted by atomic mass is 10.2. The molecule has 1 N–H and O–H groups in total. The standard InChI is InChI=1S/C17H15F2NOS/c18-15-9-8-14(11-16(15)19)20-17(21)12-22-10-4-7-13-5-2-1-3-6-13/h1-9,11H,10,12H2,(H,20,21)/b7-4+. The third-order valence-electron chi connectivity index (χ3n) is 2.76. The summed E-state index contributed by atoms with van der Waals surface area (Å²) in [4.78, 5) is 11.7. The predicted octanol–water partition coefficient (Wildman–Crippen LogP) is 4.35. The molecule has 0 heterocycles. The van der Waals surface area contributed by atoms with Crippen LogP contribution in [0, 0.1) is 11.6 Å². The molecule has 0 saturated heterocycles. The number of amides is 1. The van der Waals surface area contributed by atoms with Gasteiger partial charge in [0.15, 0.2) is 11.6 Å². The molecule has 0 aliphatic heterocycles. The first-order valence-electron chi connectivity index (χ1n) is 6.69. The minimum atomic E-state index is -0.976. The fourth-order valence-electron chi connectivity index (χ4n) is 1.74. The molecular weight excluding hydrogens is 304 g/mol. The minimum Gasteiger partial charge on any atom is -0.325 e. The fourth-order valence-corrected chi connectivity index (χ4v) is 2.35. The lowest BCUT2D eigenvalue weighted by Crippen LogP contribution is -2.14. The van der Waals surface area contributed by atoms with E-state index in [0.29, 0.717) is 5.75 Å². The number of hydrogen-bond acceptors (Lipinski definition) is 2. The zero-order valence-corrected chi connectivity index (χ0v) is 12.6. The highest BCUT2D eigenvalue weighted by atomic mass is 32.2. The summed E-state index contributed by atoms with van der Waals surface area (Å²) in [6, 6.07) is 13.1. The number of anilines is 1. The zero-order chi connectivity index (χ0) is 15.8. The lowest BCUT2D eigenvalue weighted by molar-refractivity contribution is -0.113. The molecule has 0 aliphatic carbocycles. The highest BCUT2D eigenvalue weighted by Crippen LogP contribution is 2.13. The van der Waals surface area contributed by atoms with Gasteiger partial charge in [-0.25, -0.2) is 8.78 Å². The molecule has 0 fully saturated rings. The molecule has 2 nitrogen and oxygen atoms in total. The van der Waals surface area contributed by atoms with E-state index in [1.807, 2.05) is 42.5 Å². The summed E-state index contributed by atoms with van der Waals surface area (Å²) in [5.41, 5.74) is 1.36. The quantitative estimate of drug-likeness (QED) is 0.802. The first-order valence-corrected chi connectivity index (χ1v) is 7.85. The number of nitrogens with one attached hydrogen (secondary N) is 1. The molecule has 0 atom stereocenters. The molecule has 114 valence electrons. The van der Waals surface area contributed by atoms with Crippen LogP contribution in [0.25, 0.3) is 6.08 Å². The summed E-state index contributed by atoms with van der Waals surface area (Å²) in [6.45, 7) is 0. The minimum absolute atomic E-state index is 0.246. The van der Waals surface area contributed by atoms with E-state index in [0.717, 1.165) is 17.7 Å². The third kappa shape index (κ3) is 5.33. The van der Waals surface area contributed by atoms with Crippen molar-refractivity contribution in [1.82, 2.24) is 0 Å². The van der Waals surface area contributed by atoms with Crippen molar-refractivity contribution < 1.29 is 13.6 Å². The van der Waals surface area contributed by atoms with Crippen LogP contribution in [-0.4, -0.2) is 17.4 Å². The Morgan fingerprint density at radius 3 is 2.59 bits per heavy atom. The van der Waals surface area contributed by atoms with Gasteiger partial charge in [-0.05, 0) is 17.7 Å². The van der Waals surface area contributed by atoms with Gasteiger partial charge in [0.05, 0.1) is 5.75 Å². The SMILES string of the molecule is O=C(CSC/C=C/c1ccccc1)Nc1ccc(F)c(F)c1. The normalized spacial score (nSPS) is 10.8. The second-order valence-corrected chi connectivity index (χ2v) is 5.54. The van der Waals surface area contributed by atoms with Crippen molar-refractivity contribution in [1.29, 1.82) is 0 Å². The first kappa shape index (κ1) is 16.2. The molecule has 0 unspecified atom stereocenters. The van der Waals surface area contributed by atoms with E-state index in [2.05, 4.69) is 5.32 Å². The van der Waals surface area contributed by atoms with Crippen LogP contribution < -0.4 is 5.32 Å². The Balaban J connectivity index is 1.71.